The number of aromatic nitrogens is 2. The minimum Gasteiger partial charge on any atom is -0.467 e. The highest BCUT2D eigenvalue weighted by molar-refractivity contribution is 6.33. The number of halogens is 1. The van der Waals surface area contributed by atoms with Crippen LogP contribution in [0.5, 0.6) is 0 Å². The summed E-state index contributed by atoms with van der Waals surface area (Å²) in [6, 6.07) is 13.5. The lowest BCUT2D eigenvalue weighted by Gasteiger charge is -2.15. The summed E-state index contributed by atoms with van der Waals surface area (Å²) in [6.07, 6.45) is 1.59. The largest absolute Gasteiger partial charge is 0.467 e. The van der Waals surface area contributed by atoms with Gasteiger partial charge in [0.2, 0.25) is 0 Å². The van der Waals surface area contributed by atoms with Gasteiger partial charge in [0.15, 0.2) is 0 Å². The summed E-state index contributed by atoms with van der Waals surface area (Å²) in [6.45, 7) is 2.70. The molecule has 0 N–H and O–H groups in total. The second-order valence-electron chi connectivity index (χ2n) is 5.64. The van der Waals surface area contributed by atoms with Gasteiger partial charge in [0, 0.05) is 7.05 Å². The van der Waals surface area contributed by atoms with Crippen molar-refractivity contribution in [2.45, 2.75) is 20.0 Å². The number of benzene rings is 1. The molecule has 1 aromatic carbocycles. The number of rotatable bonds is 5. The maximum atomic E-state index is 12.7. The molecule has 124 valence electrons. The Kier molecular flexibility index (Phi) is 4.71. The standard InChI is InChI=1S/C18H18ClN3O2/c1-13-16(18(23)21(2)12-15-9-6-10-24-15)17(19)22(20-13)11-14-7-4-3-5-8-14/h3-10H,11-12H2,1-2H3. The molecule has 0 aliphatic carbocycles. The molecule has 5 nitrogen and oxygen atoms in total. The van der Waals surface area contributed by atoms with E-state index in [9.17, 15) is 4.79 Å². The molecular formula is C18H18ClN3O2. The minimum atomic E-state index is -0.173. The molecule has 0 atom stereocenters. The van der Waals surface area contributed by atoms with Crippen molar-refractivity contribution in [2.24, 2.45) is 0 Å². The van der Waals surface area contributed by atoms with Gasteiger partial charge in [-0.3, -0.25) is 4.79 Å². The van der Waals surface area contributed by atoms with E-state index in [4.69, 9.17) is 16.0 Å². The van der Waals surface area contributed by atoms with Crippen molar-refractivity contribution in [1.29, 1.82) is 0 Å². The van der Waals surface area contributed by atoms with Gasteiger partial charge >= 0.3 is 0 Å². The first-order valence-corrected chi connectivity index (χ1v) is 7.98. The highest BCUT2D eigenvalue weighted by Gasteiger charge is 2.23. The van der Waals surface area contributed by atoms with Crippen molar-refractivity contribution in [1.82, 2.24) is 14.7 Å². The van der Waals surface area contributed by atoms with Crippen LogP contribution in [0.15, 0.2) is 53.1 Å². The third-order valence-corrected chi connectivity index (χ3v) is 4.16. The van der Waals surface area contributed by atoms with Crippen LogP contribution in [0.3, 0.4) is 0 Å². The monoisotopic (exact) mass is 343 g/mol. The van der Waals surface area contributed by atoms with Gasteiger partial charge in [-0.15, -0.1) is 0 Å². The molecule has 0 spiro atoms. The zero-order valence-electron chi connectivity index (χ0n) is 13.6. The smallest absolute Gasteiger partial charge is 0.259 e. The van der Waals surface area contributed by atoms with Crippen LogP contribution >= 0.6 is 11.6 Å². The van der Waals surface area contributed by atoms with E-state index < -0.39 is 0 Å². The summed E-state index contributed by atoms with van der Waals surface area (Å²) in [5.74, 6) is 0.546. The molecule has 1 amide bonds. The lowest BCUT2D eigenvalue weighted by molar-refractivity contribution is 0.0775. The molecule has 0 fully saturated rings. The van der Waals surface area contributed by atoms with E-state index in [-0.39, 0.29) is 5.91 Å². The predicted molar refractivity (Wildman–Crippen MR) is 92.0 cm³/mol. The Morgan fingerprint density at radius 1 is 1.25 bits per heavy atom. The molecule has 0 unspecified atom stereocenters. The Hall–Kier alpha value is -2.53. The number of carbonyl (C=O) groups is 1. The predicted octanol–water partition coefficient (Wildman–Crippen LogP) is 3.76. The van der Waals surface area contributed by atoms with E-state index in [1.165, 1.54) is 0 Å². The van der Waals surface area contributed by atoms with Crippen molar-refractivity contribution < 1.29 is 9.21 Å². The van der Waals surface area contributed by atoms with Crippen LogP contribution in [0.2, 0.25) is 5.15 Å². The summed E-state index contributed by atoms with van der Waals surface area (Å²) in [5.41, 5.74) is 2.12. The van der Waals surface area contributed by atoms with E-state index in [1.54, 1.807) is 35.9 Å². The average molecular weight is 344 g/mol. The molecule has 24 heavy (non-hydrogen) atoms. The molecule has 0 aliphatic rings. The van der Waals surface area contributed by atoms with Gasteiger partial charge in [-0.1, -0.05) is 41.9 Å². The Bertz CT molecular complexity index is 826. The molecule has 3 rings (SSSR count). The Balaban J connectivity index is 1.81. The lowest BCUT2D eigenvalue weighted by atomic mass is 10.2. The van der Waals surface area contributed by atoms with Crippen LogP contribution in [0, 0.1) is 6.92 Å². The average Bonchev–Trinajstić information content (AvgIpc) is 3.16. The first kappa shape index (κ1) is 16.3. The summed E-state index contributed by atoms with van der Waals surface area (Å²) in [7, 11) is 1.72. The maximum Gasteiger partial charge on any atom is 0.259 e. The van der Waals surface area contributed by atoms with Crippen LogP contribution in [0.4, 0.5) is 0 Å². The number of carbonyl (C=O) groups excluding carboxylic acids is 1. The van der Waals surface area contributed by atoms with Crippen LogP contribution in [-0.2, 0) is 13.1 Å². The number of hydrogen-bond acceptors (Lipinski definition) is 3. The molecule has 0 bridgehead atoms. The Morgan fingerprint density at radius 3 is 2.67 bits per heavy atom. The molecule has 0 radical (unpaired) electrons. The van der Waals surface area contributed by atoms with Gasteiger partial charge in [-0.25, -0.2) is 4.68 Å². The first-order chi connectivity index (χ1) is 11.6. The molecule has 6 heteroatoms. The number of hydrogen-bond donors (Lipinski definition) is 0. The SMILES string of the molecule is Cc1nn(Cc2ccccc2)c(Cl)c1C(=O)N(C)Cc1ccco1. The van der Waals surface area contributed by atoms with Crippen molar-refractivity contribution in [3.05, 3.63) is 76.5 Å². The Morgan fingerprint density at radius 2 is 2.00 bits per heavy atom. The number of amides is 1. The zero-order valence-corrected chi connectivity index (χ0v) is 14.3. The van der Waals surface area contributed by atoms with E-state index >= 15 is 0 Å². The van der Waals surface area contributed by atoms with Crippen molar-refractivity contribution >= 4 is 17.5 Å². The highest BCUT2D eigenvalue weighted by Crippen LogP contribution is 2.23. The normalized spacial score (nSPS) is 10.8. The van der Waals surface area contributed by atoms with Crippen LogP contribution < -0.4 is 0 Å². The zero-order chi connectivity index (χ0) is 17.1. The summed E-state index contributed by atoms with van der Waals surface area (Å²) in [5, 5.41) is 4.77. The van der Waals surface area contributed by atoms with E-state index in [0.29, 0.717) is 29.5 Å². The summed E-state index contributed by atoms with van der Waals surface area (Å²) in [4.78, 5) is 14.3. The van der Waals surface area contributed by atoms with Crippen molar-refractivity contribution in [3.63, 3.8) is 0 Å². The van der Waals surface area contributed by atoms with Gasteiger partial charge in [0.25, 0.3) is 5.91 Å². The van der Waals surface area contributed by atoms with Gasteiger partial charge in [-0.2, -0.15) is 5.10 Å². The molecule has 2 aromatic heterocycles. The lowest BCUT2D eigenvalue weighted by Crippen LogP contribution is -2.26. The van der Waals surface area contributed by atoms with Crippen molar-refractivity contribution in [3.8, 4) is 0 Å². The maximum absolute atomic E-state index is 12.7. The minimum absolute atomic E-state index is 0.173. The summed E-state index contributed by atoms with van der Waals surface area (Å²) >= 11 is 6.43. The molecule has 0 saturated heterocycles. The highest BCUT2D eigenvalue weighted by atomic mass is 35.5. The second-order valence-corrected chi connectivity index (χ2v) is 5.99. The van der Waals surface area contributed by atoms with Crippen LogP contribution in [0.1, 0.15) is 27.4 Å². The number of furan rings is 1. The third-order valence-electron chi connectivity index (χ3n) is 3.77. The summed E-state index contributed by atoms with van der Waals surface area (Å²) < 4.78 is 6.94. The van der Waals surface area contributed by atoms with Crippen molar-refractivity contribution in [2.75, 3.05) is 7.05 Å². The van der Waals surface area contributed by atoms with E-state index in [1.807, 2.05) is 36.4 Å². The second kappa shape index (κ2) is 6.93. The Labute approximate surface area is 145 Å². The fraction of sp³-hybridized carbons (Fsp3) is 0.222. The van der Waals surface area contributed by atoms with E-state index in [0.717, 1.165) is 11.3 Å². The fourth-order valence-corrected chi connectivity index (χ4v) is 2.87. The molecule has 2 heterocycles. The van der Waals surface area contributed by atoms with Gasteiger partial charge in [-0.05, 0) is 24.6 Å². The van der Waals surface area contributed by atoms with Crippen LogP contribution in [0.25, 0.3) is 0 Å². The molecular weight excluding hydrogens is 326 g/mol. The number of nitrogens with zero attached hydrogens (tertiary/aromatic N) is 3. The quantitative estimate of drug-likeness (QED) is 0.708. The number of aryl methyl sites for hydroxylation is 1. The van der Waals surface area contributed by atoms with Gasteiger partial charge in [0.1, 0.15) is 10.9 Å². The first-order valence-electron chi connectivity index (χ1n) is 7.61. The topological polar surface area (TPSA) is 51.3 Å². The molecule has 0 aliphatic heterocycles. The fourth-order valence-electron chi connectivity index (χ4n) is 2.56. The molecule has 0 saturated carbocycles. The van der Waals surface area contributed by atoms with Gasteiger partial charge < -0.3 is 9.32 Å². The van der Waals surface area contributed by atoms with Crippen LogP contribution in [-0.4, -0.2) is 27.6 Å². The molecule has 3 aromatic rings. The third kappa shape index (κ3) is 3.36. The van der Waals surface area contributed by atoms with Gasteiger partial charge in [0.05, 0.1) is 30.6 Å². The van der Waals surface area contributed by atoms with E-state index in [2.05, 4.69) is 5.10 Å².